The lowest BCUT2D eigenvalue weighted by Gasteiger charge is -2.36. The van der Waals surface area contributed by atoms with E-state index >= 15 is 0 Å². The van der Waals surface area contributed by atoms with Crippen LogP contribution in [0, 0.1) is 5.92 Å². The van der Waals surface area contributed by atoms with Crippen LogP contribution in [0.15, 0.2) is 0 Å². The Balaban J connectivity index is 2.49. The summed E-state index contributed by atoms with van der Waals surface area (Å²) in [7, 11) is -3.21. The van der Waals surface area contributed by atoms with E-state index in [1.807, 2.05) is 13.8 Å². The van der Waals surface area contributed by atoms with Crippen molar-refractivity contribution in [2.24, 2.45) is 5.92 Å². The van der Waals surface area contributed by atoms with Gasteiger partial charge in [-0.05, 0) is 52.5 Å². The van der Waals surface area contributed by atoms with Crippen LogP contribution in [-0.2, 0) is 14.8 Å². The summed E-state index contributed by atoms with van der Waals surface area (Å²) in [5, 5.41) is 2.51. The van der Waals surface area contributed by atoms with Gasteiger partial charge in [-0.3, -0.25) is 9.69 Å². The van der Waals surface area contributed by atoms with Gasteiger partial charge in [-0.15, -0.1) is 0 Å². The molecule has 7 heteroatoms. The van der Waals surface area contributed by atoms with Crippen LogP contribution in [0.1, 0.15) is 47.0 Å². The highest BCUT2D eigenvalue weighted by molar-refractivity contribution is 7.90. The predicted octanol–water partition coefficient (Wildman–Crippen LogP) is 0.941. The van der Waals surface area contributed by atoms with Crippen molar-refractivity contribution in [2.75, 3.05) is 26.2 Å². The van der Waals surface area contributed by atoms with Crippen LogP contribution in [0.4, 0.5) is 0 Å². The molecule has 1 rings (SSSR count). The van der Waals surface area contributed by atoms with E-state index in [2.05, 4.69) is 14.9 Å². The van der Waals surface area contributed by atoms with E-state index in [1.54, 1.807) is 13.8 Å². The number of rotatable bonds is 8. The zero-order chi connectivity index (χ0) is 16.8. The van der Waals surface area contributed by atoms with Gasteiger partial charge in [-0.25, -0.2) is 13.1 Å². The molecule has 22 heavy (non-hydrogen) atoms. The Morgan fingerprint density at radius 2 is 2.00 bits per heavy atom. The summed E-state index contributed by atoms with van der Waals surface area (Å²) < 4.78 is 26.3. The first-order valence-corrected chi connectivity index (χ1v) is 9.82. The topological polar surface area (TPSA) is 78.5 Å². The van der Waals surface area contributed by atoms with Crippen LogP contribution < -0.4 is 10.0 Å². The van der Waals surface area contributed by atoms with Gasteiger partial charge in [0.1, 0.15) is 0 Å². The van der Waals surface area contributed by atoms with Gasteiger partial charge in [0.25, 0.3) is 0 Å². The normalized spacial score (nSPS) is 21.8. The summed E-state index contributed by atoms with van der Waals surface area (Å²) in [4.78, 5) is 14.2. The maximum atomic E-state index is 12.1. The van der Waals surface area contributed by atoms with Crippen molar-refractivity contribution in [3.8, 4) is 0 Å². The minimum Gasteiger partial charge on any atom is -0.355 e. The Labute approximate surface area is 135 Å². The number of sulfonamides is 1. The Kier molecular flexibility index (Phi) is 7.79. The predicted molar refractivity (Wildman–Crippen MR) is 89.1 cm³/mol. The van der Waals surface area contributed by atoms with Gasteiger partial charge in [-0.1, -0.05) is 6.92 Å². The summed E-state index contributed by atoms with van der Waals surface area (Å²) in [5.41, 5.74) is 0. The molecule has 0 aromatic rings. The second-order valence-corrected chi connectivity index (χ2v) is 8.73. The second kappa shape index (κ2) is 8.84. The molecule has 0 aromatic carbocycles. The third-order valence-electron chi connectivity index (χ3n) is 4.22. The molecule has 6 nitrogen and oxygen atoms in total. The van der Waals surface area contributed by atoms with Crippen LogP contribution in [0.2, 0.25) is 0 Å². The van der Waals surface area contributed by atoms with Gasteiger partial charge >= 0.3 is 0 Å². The zero-order valence-electron chi connectivity index (χ0n) is 14.3. The number of nitrogens with one attached hydrogen (secondary N) is 2. The highest BCUT2D eigenvalue weighted by Gasteiger charge is 2.28. The van der Waals surface area contributed by atoms with Crippen LogP contribution in [-0.4, -0.2) is 56.7 Å². The summed E-state index contributed by atoms with van der Waals surface area (Å²) in [6.45, 7) is 10.1. The van der Waals surface area contributed by atoms with Crippen molar-refractivity contribution in [2.45, 2.75) is 58.2 Å². The quantitative estimate of drug-likeness (QED) is 0.693. The summed E-state index contributed by atoms with van der Waals surface area (Å²) >= 11 is 0. The number of hydrogen-bond acceptors (Lipinski definition) is 4. The molecule has 1 aliphatic heterocycles. The molecular weight excluding hydrogens is 302 g/mol. The third-order valence-corrected chi connectivity index (χ3v) is 6.03. The average Bonchev–Trinajstić information content (AvgIpc) is 2.50. The van der Waals surface area contributed by atoms with Crippen molar-refractivity contribution in [1.82, 2.24) is 14.9 Å². The number of carbonyl (C=O) groups excluding carboxylic acids is 1. The molecule has 1 heterocycles. The smallest absolute Gasteiger partial charge is 0.237 e. The first-order chi connectivity index (χ1) is 10.3. The fourth-order valence-electron chi connectivity index (χ4n) is 2.58. The molecule has 1 fully saturated rings. The van der Waals surface area contributed by atoms with Gasteiger partial charge < -0.3 is 5.32 Å². The number of piperidine rings is 1. The molecule has 130 valence electrons. The van der Waals surface area contributed by atoms with E-state index in [9.17, 15) is 13.2 Å². The van der Waals surface area contributed by atoms with Crippen LogP contribution >= 0.6 is 0 Å². The van der Waals surface area contributed by atoms with E-state index in [4.69, 9.17) is 0 Å². The lowest BCUT2D eigenvalue weighted by molar-refractivity contribution is -0.126. The van der Waals surface area contributed by atoms with Crippen molar-refractivity contribution in [3.05, 3.63) is 0 Å². The Hall–Kier alpha value is -0.660. The monoisotopic (exact) mass is 333 g/mol. The minimum absolute atomic E-state index is 0.0604. The van der Waals surface area contributed by atoms with E-state index in [-0.39, 0.29) is 17.9 Å². The molecule has 0 aliphatic carbocycles. The number of likely N-dealkylation sites (tertiary alicyclic amines) is 1. The fraction of sp³-hybridized carbons (Fsp3) is 0.933. The molecule has 0 radical (unpaired) electrons. The van der Waals surface area contributed by atoms with Crippen molar-refractivity contribution in [1.29, 1.82) is 0 Å². The first-order valence-electron chi connectivity index (χ1n) is 8.28. The van der Waals surface area contributed by atoms with Crippen LogP contribution in [0.3, 0.4) is 0 Å². The van der Waals surface area contributed by atoms with Gasteiger partial charge in [-0.2, -0.15) is 0 Å². The van der Waals surface area contributed by atoms with Gasteiger partial charge in [0.2, 0.25) is 15.9 Å². The number of carbonyl (C=O) groups is 1. The van der Waals surface area contributed by atoms with Crippen molar-refractivity contribution in [3.63, 3.8) is 0 Å². The first kappa shape index (κ1) is 19.4. The Bertz CT molecular complexity index is 451. The van der Waals surface area contributed by atoms with Crippen molar-refractivity contribution >= 4 is 15.9 Å². The maximum Gasteiger partial charge on any atom is 0.237 e. The highest BCUT2D eigenvalue weighted by Crippen LogP contribution is 2.18. The lowest BCUT2D eigenvalue weighted by Crippen LogP contribution is -2.50. The third kappa shape index (κ3) is 5.85. The molecule has 0 bridgehead atoms. The molecule has 0 saturated carbocycles. The molecule has 0 spiro atoms. The lowest BCUT2D eigenvalue weighted by atomic mass is 9.97. The van der Waals surface area contributed by atoms with Crippen molar-refractivity contribution < 1.29 is 13.2 Å². The maximum absolute atomic E-state index is 12.1. The van der Waals surface area contributed by atoms with Crippen LogP contribution in [0.5, 0.6) is 0 Å². The molecule has 0 aromatic heterocycles. The van der Waals surface area contributed by atoms with E-state index in [1.165, 1.54) is 0 Å². The number of hydrogen-bond donors (Lipinski definition) is 2. The molecule has 0 unspecified atom stereocenters. The molecular formula is C15H31N3O3S. The van der Waals surface area contributed by atoms with Crippen LogP contribution in [0.25, 0.3) is 0 Å². The zero-order valence-corrected chi connectivity index (χ0v) is 15.1. The number of amides is 1. The van der Waals surface area contributed by atoms with E-state index in [0.29, 0.717) is 13.1 Å². The second-order valence-electron chi connectivity index (χ2n) is 6.41. The van der Waals surface area contributed by atoms with E-state index in [0.717, 1.165) is 32.4 Å². The molecule has 1 saturated heterocycles. The fourth-order valence-corrected chi connectivity index (χ4v) is 3.38. The molecule has 2 N–H and O–H groups in total. The molecule has 1 aliphatic rings. The molecule has 2 atom stereocenters. The van der Waals surface area contributed by atoms with E-state index < -0.39 is 15.3 Å². The minimum atomic E-state index is -3.21. The Morgan fingerprint density at radius 1 is 1.32 bits per heavy atom. The van der Waals surface area contributed by atoms with Gasteiger partial charge in [0.15, 0.2) is 0 Å². The highest BCUT2D eigenvalue weighted by atomic mass is 32.2. The number of nitrogens with zero attached hydrogens (tertiary/aromatic N) is 1. The van der Waals surface area contributed by atoms with Gasteiger partial charge in [0, 0.05) is 19.6 Å². The summed E-state index contributed by atoms with van der Waals surface area (Å²) in [6, 6.07) is -0.156. The standard InChI is InChI=1S/C15H31N3O3S/c1-5-8-16-15(19)13(4)18-9-6-7-14(11-18)10-17-22(20,21)12(2)3/h12-14,17H,5-11H2,1-4H3,(H,16,19)/t13-,14-/m1/s1. The largest absolute Gasteiger partial charge is 0.355 e. The SMILES string of the molecule is CCCNC(=O)[C@@H](C)N1CCC[C@H](CNS(=O)(=O)C(C)C)C1. The van der Waals surface area contributed by atoms with Gasteiger partial charge in [0.05, 0.1) is 11.3 Å². The average molecular weight is 333 g/mol. The molecule has 1 amide bonds. The summed E-state index contributed by atoms with van der Waals surface area (Å²) in [5.74, 6) is 0.328. The summed E-state index contributed by atoms with van der Waals surface area (Å²) in [6.07, 6.45) is 2.93. The Morgan fingerprint density at radius 3 is 2.59 bits per heavy atom.